The first-order valence-corrected chi connectivity index (χ1v) is 11.4. The molecule has 3 aliphatic heterocycles. The van der Waals surface area contributed by atoms with Crippen LogP contribution in [0.2, 0.25) is 0 Å². The Balaban J connectivity index is 1.37. The van der Waals surface area contributed by atoms with E-state index >= 15 is 0 Å². The number of anilines is 3. The van der Waals surface area contributed by atoms with Crippen molar-refractivity contribution in [3.05, 3.63) is 47.5 Å². The number of carbonyl (C=O) groups excluding carboxylic acids is 1. The molecule has 3 N–H and O–H groups in total. The molecule has 2 saturated heterocycles. The second kappa shape index (κ2) is 9.02. The summed E-state index contributed by atoms with van der Waals surface area (Å²) >= 11 is 0. The number of carbonyl (C=O) groups is 1. The maximum atomic E-state index is 12.7. The second-order valence-electron chi connectivity index (χ2n) is 8.61. The molecule has 0 saturated carbocycles. The third kappa shape index (κ3) is 3.98. The highest BCUT2D eigenvalue weighted by atomic mass is 16.7. The predicted octanol–water partition coefficient (Wildman–Crippen LogP) is 2.36. The number of benzene rings is 1. The number of rotatable bonds is 5. The Morgan fingerprint density at radius 2 is 2.18 bits per heavy atom. The van der Waals surface area contributed by atoms with E-state index in [0.29, 0.717) is 30.2 Å². The third-order valence-electron chi connectivity index (χ3n) is 6.31. The van der Waals surface area contributed by atoms with Crippen molar-refractivity contribution < 1.29 is 14.3 Å². The first-order valence-electron chi connectivity index (χ1n) is 11.4. The van der Waals surface area contributed by atoms with Gasteiger partial charge in [0, 0.05) is 19.3 Å². The highest BCUT2D eigenvalue weighted by molar-refractivity contribution is 5.92. The number of para-hydroxylation sites is 2. The fourth-order valence-corrected chi connectivity index (χ4v) is 4.53. The summed E-state index contributed by atoms with van der Waals surface area (Å²) < 4.78 is 11.7. The maximum Gasteiger partial charge on any atom is 0.229 e. The summed E-state index contributed by atoms with van der Waals surface area (Å²) in [5, 5.41) is 19.5. The monoisotopic (exact) mass is 461 g/mol. The topological polar surface area (TPSA) is 124 Å². The first-order chi connectivity index (χ1) is 16.5. The zero-order chi connectivity index (χ0) is 23.8. The zero-order valence-corrected chi connectivity index (χ0v) is 19.3. The number of allylic oxidation sites excluding steroid dienone is 1. The van der Waals surface area contributed by atoms with Crippen LogP contribution in [0.5, 0.6) is 0 Å². The standard InChI is InChI=1S/C24H27N7O3/c1-4-31-17-8-6-5-7-16(17)28-22(31)15(10-25)21-13(2)11-27-24(30-21)29-20(32)9-18-19-12-26-14(3)23(33-18)34-19/h5-8,11,14,18-19,23,26,28H,4,9,12H2,1-3H3,(H,27,29,30,32)/b22-15+/t14-,18+,19-,23-/m0/s1. The van der Waals surface area contributed by atoms with Crippen molar-refractivity contribution in [2.24, 2.45) is 0 Å². The molecule has 1 aromatic heterocycles. The van der Waals surface area contributed by atoms with Gasteiger partial charge in [-0.2, -0.15) is 5.26 Å². The van der Waals surface area contributed by atoms with E-state index in [1.54, 1.807) is 6.20 Å². The van der Waals surface area contributed by atoms with Crippen LogP contribution in [-0.4, -0.2) is 53.5 Å². The number of fused-ring (bicyclic) bond motifs is 3. The molecule has 0 aliphatic carbocycles. The summed E-state index contributed by atoms with van der Waals surface area (Å²) in [6.45, 7) is 7.18. The van der Waals surface area contributed by atoms with E-state index in [-0.39, 0.29) is 42.8 Å². The molecule has 2 fully saturated rings. The van der Waals surface area contributed by atoms with Gasteiger partial charge in [-0.1, -0.05) is 12.1 Å². The van der Waals surface area contributed by atoms with Gasteiger partial charge in [0.2, 0.25) is 11.9 Å². The SMILES string of the molecule is CCN1/C(=C(\C#N)c2nc(NC(=O)C[C@H]3O[C@H]4O[C@H]3CN[C@H]4C)ncc2C)Nc2ccccc21. The largest absolute Gasteiger partial charge is 0.344 e. The van der Waals surface area contributed by atoms with E-state index in [9.17, 15) is 10.1 Å². The molecule has 176 valence electrons. The highest BCUT2D eigenvalue weighted by Crippen LogP contribution is 2.39. The van der Waals surface area contributed by atoms with Crippen LogP contribution in [0, 0.1) is 18.3 Å². The van der Waals surface area contributed by atoms with Crippen LogP contribution in [0.3, 0.4) is 0 Å². The number of amides is 1. The number of hydrogen-bond acceptors (Lipinski definition) is 9. The van der Waals surface area contributed by atoms with Crippen molar-refractivity contribution in [2.75, 3.05) is 28.6 Å². The van der Waals surface area contributed by atoms with Crippen molar-refractivity contribution in [1.29, 1.82) is 5.26 Å². The smallest absolute Gasteiger partial charge is 0.229 e. The average molecular weight is 462 g/mol. The minimum atomic E-state index is -0.340. The Labute approximate surface area is 198 Å². The first kappa shape index (κ1) is 22.3. The minimum absolute atomic E-state index is 0.0859. The Hall–Kier alpha value is -3.52. The lowest BCUT2D eigenvalue weighted by Crippen LogP contribution is -2.47. The fourth-order valence-electron chi connectivity index (χ4n) is 4.53. The number of morpholine rings is 1. The highest BCUT2D eigenvalue weighted by Gasteiger charge is 2.43. The van der Waals surface area contributed by atoms with Gasteiger partial charge in [-0.25, -0.2) is 9.97 Å². The van der Waals surface area contributed by atoms with E-state index in [2.05, 4.69) is 32.0 Å². The van der Waals surface area contributed by atoms with Crippen molar-refractivity contribution in [1.82, 2.24) is 15.3 Å². The molecule has 5 rings (SSSR count). The van der Waals surface area contributed by atoms with Crippen molar-refractivity contribution in [2.45, 2.75) is 51.7 Å². The van der Waals surface area contributed by atoms with Crippen LogP contribution in [-0.2, 0) is 14.3 Å². The lowest BCUT2D eigenvalue weighted by Gasteiger charge is -2.25. The summed E-state index contributed by atoms with van der Waals surface area (Å²) in [5.74, 6) is 0.540. The molecule has 0 unspecified atom stereocenters. The van der Waals surface area contributed by atoms with E-state index in [1.165, 1.54) is 0 Å². The van der Waals surface area contributed by atoms with Gasteiger partial charge in [-0.15, -0.1) is 0 Å². The van der Waals surface area contributed by atoms with Gasteiger partial charge >= 0.3 is 0 Å². The number of ether oxygens (including phenoxy) is 2. The van der Waals surface area contributed by atoms with Crippen LogP contribution in [0.4, 0.5) is 17.3 Å². The van der Waals surface area contributed by atoms with Crippen molar-refractivity contribution in [3.63, 3.8) is 0 Å². The van der Waals surface area contributed by atoms with Crippen LogP contribution in [0.15, 0.2) is 36.3 Å². The molecule has 1 aromatic carbocycles. The summed E-state index contributed by atoms with van der Waals surface area (Å²) in [6, 6.07) is 10.3. The minimum Gasteiger partial charge on any atom is -0.344 e. The van der Waals surface area contributed by atoms with E-state index < -0.39 is 0 Å². The molecular weight excluding hydrogens is 434 g/mol. The Bertz CT molecular complexity index is 1190. The molecule has 2 bridgehead atoms. The molecule has 4 atom stereocenters. The molecule has 10 nitrogen and oxygen atoms in total. The molecule has 1 amide bonds. The third-order valence-corrected chi connectivity index (χ3v) is 6.31. The van der Waals surface area contributed by atoms with Gasteiger partial charge in [-0.3, -0.25) is 10.1 Å². The van der Waals surface area contributed by atoms with Crippen LogP contribution >= 0.6 is 0 Å². The number of nitriles is 1. The number of nitrogens with one attached hydrogen (secondary N) is 3. The quantitative estimate of drug-likeness (QED) is 0.576. The lowest BCUT2D eigenvalue weighted by molar-refractivity contribution is -0.120. The number of aromatic nitrogens is 2. The molecule has 3 aliphatic rings. The van der Waals surface area contributed by atoms with E-state index in [0.717, 1.165) is 16.9 Å². The van der Waals surface area contributed by atoms with Crippen LogP contribution in [0.1, 0.15) is 31.5 Å². The predicted molar refractivity (Wildman–Crippen MR) is 127 cm³/mol. The zero-order valence-electron chi connectivity index (χ0n) is 19.3. The maximum absolute atomic E-state index is 12.7. The molecule has 0 spiro atoms. The van der Waals surface area contributed by atoms with Crippen LogP contribution < -0.4 is 20.9 Å². The molecule has 2 aromatic rings. The van der Waals surface area contributed by atoms with Gasteiger partial charge in [0.05, 0.1) is 41.7 Å². The van der Waals surface area contributed by atoms with Gasteiger partial charge in [0.15, 0.2) is 6.29 Å². The van der Waals surface area contributed by atoms with E-state index in [4.69, 9.17) is 9.47 Å². The van der Waals surface area contributed by atoms with Gasteiger partial charge < -0.3 is 25.0 Å². The Morgan fingerprint density at radius 1 is 1.35 bits per heavy atom. The van der Waals surface area contributed by atoms with Crippen LogP contribution in [0.25, 0.3) is 5.57 Å². The van der Waals surface area contributed by atoms with Gasteiger partial charge in [-0.05, 0) is 38.5 Å². The molecular formula is C24H27N7O3. The molecule has 0 radical (unpaired) electrons. The number of aryl methyl sites for hydroxylation is 1. The molecule has 34 heavy (non-hydrogen) atoms. The normalized spacial score (nSPS) is 26.5. The second-order valence-corrected chi connectivity index (χ2v) is 8.61. The van der Waals surface area contributed by atoms with E-state index in [1.807, 2.05) is 49.9 Å². The fraction of sp³-hybridized carbons (Fsp3) is 0.417. The summed E-state index contributed by atoms with van der Waals surface area (Å²) in [7, 11) is 0. The average Bonchev–Trinajstić information content (AvgIpc) is 3.37. The van der Waals surface area contributed by atoms with Crippen molar-refractivity contribution in [3.8, 4) is 6.07 Å². The van der Waals surface area contributed by atoms with Crippen molar-refractivity contribution >= 4 is 28.8 Å². The summed E-state index contributed by atoms with van der Waals surface area (Å²) in [4.78, 5) is 23.6. The molecule has 4 heterocycles. The Morgan fingerprint density at radius 3 is 2.94 bits per heavy atom. The molecule has 10 heteroatoms. The summed E-state index contributed by atoms with van der Waals surface area (Å²) in [5.41, 5.74) is 3.52. The number of hydrogen-bond donors (Lipinski definition) is 3. The summed E-state index contributed by atoms with van der Waals surface area (Å²) in [6.07, 6.45) is 0.916. The Kier molecular flexibility index (Phi) is 5.91. The lowest BCUT2D eigenvalue weighted by atomic mass is 10.1. The number of nitrogens with zero attached hydrogens (tertiary/aromatic N) is 4. The van der Waals surface area contributed by atoms with Gasteiger partial charge in [0.1, 0.15) is 17.5 Å². The van der Waals surface area contributed by atoms with Gasteiger partial charge in [0.25, 0.3) is 0 Å².